The molecule has 36 heavy (non-hydrogen) atoms. The molecule has 1 N–H and O–H groups in total. The topological polar surface area (TPSA) is 33.1 Å². The SMILES string of the molecule is Cc1cc([C@H]2[C@H](c3ccccn3)NC(=S)N2c2ccccc2F)c(C)n1-c1cccc2ccccc12. The van der Waals surface area contributed by atoms with Gasteiger partial charge in [0, 0.05) is 23.0 Å². The summed E-state index contributed by atoms with van der Waals surface area (Å²) in [5.41, 5.74) is 5.70. The van der Waals surface area contributed by atoms with Crippen LogP contribution in [0.5, 0.6) is 0 Å². The van der Waals surface area contributed by atoms with Crippen molar-refractivity contribution in [1.29, 1.82) is 0 Å². The number of hydrogen-bond acceptors (Lipinski definition) is 2. The molecule has 5 aromatic rings. The van der Waals surface area contributed by atoms with Crippen LogP contribution in [-0.2, 0) is 0 Å². The Balaban J connectivity index is 1.57. The first-order valence-corrected chi connectivity index (χ1v) is 12.4. The molecule has 3 heterocycles. The quantitative estimate of drug-likeness (QED) is 0.275. The highest BCUT2D eigenvalue weighted by molar-refractivity contribution is 7.80. The van der Waals surface area contributed by atoms with Gasteiger partial charge in [-0.3, -0.25) is 4.98 Å². The maximum absolute atomic E-state index is 15.1. The molecular formula is C30H25FN4S. The Morgan fingerprint density at radius 3 is 2.39 bits per heavy atom. The minimum absolute atomic E-state index is 0.236. The standard InChI is InChI=1S/C30H25FN4S/c1-19-18-23(20(2)34(19)26-16-9-11-21-10-3-4-12-22(21)26)29-28(25-14-7-8-17-32-25)33-30(36)35(29)27-15-6-5-13-24(27)31/h3-18,28-29H,1-2H3,(H,33,36)/t28-,29-/m0/s1. The maximum Gasteiger partial charge on any atom is 0.174 e. The fourth-order valence-electron chi connectivity index (χ4n) is 5.44. The van der Waals surface area contributed by atoms with Crippen molar-refractivity contribution in [3.05, 3.63) is 126 Å². The molecule has 1 fully saturated rings. The smallest absolute Gasteiger partial charge is 0.174 e. The molecule has 6 rings (SSSR count). The van der Waals surface area contributed by atoms with Crippen molar-refractivity contribution >= 4 is 33.8 Å². The number of benzene rings is 3. The second-order valence-corrected chi connectivity index (χ2v) is 9.49. The third-order valence-electron chi connectivity index (χ3n) is 7.01. The number of fused-ring (bicyclic) bond motifs is 1. The van der Waals surface area contributed by atoms with Crippen LogP contribution in [0, 0.1) is 19.7 Å². The van der Waals surface area contributed by atoms with Gasteiger partial charge >= 0.3 is 0 Å². The van der Waals surface area contributed by atoms with Crippen molar-refractivity contribution in [2.45, 2.75) is 25.9 Å². The molecule has 2 atom stereocenters. The fraction of sp³-hybridized carbons (Fsp3) is 0.133. The zero-order chi connectivity index (χ0) is 24.8. The number of thiocarbonyl (C=S) groups is 1. The Bertz CT molecular complexity index is 1590. The third-order valence-corrected chi connectivity index (χ3v) is 7.32. The number of anilines is 1. The van der Waals surface area contributed by atoms with Crippen molar-refractivity contribution in [1.82, 2.24) is 14.9 Å². The molecule has 178 valence electrons. The average Bonchev–Trinajstić information content (AvgIpc) is 3.39. The van der Waals surface area contributed by atoms with E-state index in [0.29, 0.717) is 10.8 Å². The minimum Gasteiger partial charge on any atom is -0.351 e. The summed E-state index contributed by atoms with van der Waals surface area (Å²) in [6.45, 7) is 4.24. The zero-order valence-electron chi connectivity index (χ0n) is 20.0. The van der Waals surface area contributed by atoms with Gasteiger partial charge in [0.15, 0.2) is 5.11 Å². The highest BCUT2D eigenvalue weighted by Gasteiger charge is 2.43. The summed E-state index contributed by atoms with van der Waals surface area (Å²) >= 11 is 5.79. The van der Waals surface area contributed by atoms with Gasteiger partial charge in [-0.15, -0.1) is 0 Å². The van der Waals surface area contributed by atoms with Crippen LogP contribution in [0.4, 0.5) is 10.1 Å². The number of hydrogen-bond donors (Lipinski definition) is 1. The van der Waals surface area contributed by atoms with Gasteiger partial charge in [-0.2, -0.15) is 0 Å². The lowest BCUT2D eigenvalue weighted by Gasteiger charge is -2.28. The number of nitrogens with one attached hydrogen (secondary N) is 1. The predicted molar refractivity (Wildman–Crippen MR) is 147 cm³/mol. The third kappa shape index (κ3) is 3.57. The molecule has 3 aromatic carbocycles. The van der Waals surface area contributed by atoms with Gasteiger partial charge in [0.05, 0.1) is 29.2 Å². The fourth-order valence-corrected chi connectivity index (χ4v) is 5.78. The number of halogens is 1. The molecule has 0 aliphatic carbocycles. The molecule has 1 aliphatic rings. The van der Waals surface area contributed by atoms with Gasteiger partial charge in [0.2, 0.25) is 0 Å². The number of pyridine rings is 1. The van der Waals surface area contributed by atoms with Crippen LogP contribution in [0.3, 0.4) is 0 Å². The number of para-hydroxylation sites is 1. The van der Waals surface area contributed by atoms with Crippen LogP contribution >= 0.6 is 12.2 Å². The van der Waals surface area contributed by atoms with E-state index in [0.717, 1.165) is 28.3 Å². The maximum atomic E-state index is 15.1. The van der Waals surface area contributed by atoms with Crippen LogP contribution in [0.25, 0.3) is 16.5 Å². The lowest BCUT2D eigenvalue weighted by atomic mass is 9.96. The number of nitrogens with zero attached hydrogens (tertiary/aromatic N) is 3. The van der Waals surface area contributed by atoms with E-state index in [1.54, 1.807) is 18.3 Å². The summed E-state index contributed by atoms with van der Waals surface area (Å²) < 4.78 is 17.4. The van der Waals surface area contributed by atoms with E-state index in [-0.39, 0.29) is 17.9 Å². The highest BCUT2D eigenvalue weighted by Crippen LogP contribution is 2.44. The van der Waals surface area contributed by atoms with E-state index in [9.17, 15) is 0 Å². The van der Waals surface area contributed by atoms with Crippen molar-refractivity contribution in [3.63, 3.8) is 0 Å². The van der Waals surface area contributed by atoms with E-state index in [4.69, 9.17) is 12.2 Å². The van der Waals surface area contributed by atoms with Gasteiger partial charge in [-0.05, 0) is 73.4 Å². The summed E-state index contributed by atoms with van der Waals surface area (Å²) in [7, 11) is 0. The van der Waals surface area contributed by atoms with Crippen molar-refractivity contribution in [2.75, 3.05) is 4.90 Å². The second kappa shape index (κ2) is 8.88. The molecule has 6 heteroatoms. The van der Waals surface area contributed by atoms with Gasteiger partial charge < -0.3 is 14.8 Å². The first-order valence-electron chi connectivity index (χ1n) is 12.0. The van der Waals surface area contributed by atoms with E-state index in [1.807, 2.05) is 29.2 Å². The molecule has 0 saturated carbocycles. The van der Waals surface area contributed by atoms with E-state index in [2.05, 4.69) is 77.2 Å². The average molecular weight is 493 g/mol. The predicted octanol–water partition coefficient (Wildman–Crippen LogP) is 6.96. The Kier molecular flexibility index (Phi) is 5.53. The monoisotopic (exact) mass is 492 g/mol. The number of aryl methyl sites for hydroxylation is 1. The molecule has 4 nitrogen and oxygen atoms in total. The molecule has 0 spiro atoms. The minimum atomic E-state index is -0.309. The normalized spacial score (nSPS) is 17.5. The number of aromatic nitrogens is 2. The summed E-state index contributed by atoms with van der Waals surface area (Å²) in [6, 6.07) is 29.1. The van der Waals surface area contributed by atoms with E-state index in [1.165, 1.54) is 16.8 Å². The zero-order valence-corrected chi connectivity index (χ0v) is 20.8. The molecule has 0 radical (unpaired) electrons. The van der Waals surface area contributed by atoms with Crippen LogP contribution in [0.1, 0.15) is 34.7 Å². The van der Waals surface area contributed by atoms with Crippen molar-refractivity contribution < 1.29 is 4.39 Å². The molecular weight excluding hydrogens is 467 g/mol. The molecule has 1 aliphatic heterocycles. The van der Waals surface area contributed by atoms with Gasteiger partial charge in [0.1, 0.15) is 5.82 Å². The van der Waals surface area contributed by atoms with Crippen LogP contribution in [0.15, 0.2) is 97.2 Å². The Morgan fingerprint density at radius 2 is 1.58 bits per heavy atom. The highest BCUT2D eigenvalue weighted by atomic mass is 32.1. The summed E-state index contributed by atoms with van der Waals surface area (Å²) in [4.78, 5) is 6.53. The Hall–Kier alpha value is -4.03. The molecule has 0 amide bonds. The lowest BCUT2D eigenvalue weighted by Crippen LogP contribution is -2.30. The second-order valence-electron chi connectivity index (χ2n) is 9.11. The first-order chi connectivity index (χ1) is 17.5. The van der Waals surface area contributed by atoms with Gasteiger partial charge in [-0.25, -0.2) is 4.39 Å². The number of rotatable bonds is 4. The molecule has 2 aromatic heterocycles. The van der Waals surface area contributed by atoms with Crippen molar-refractivity contribution in [3.8, 4) is 5.69 Å². The van der Waals surface area contributed by atoms with Crippen molar-refractivity contribution in [2.24, 2.45) is 0 Å². The lowest BCUT2D eigenvalue weighted by molar-refractivity contribution is 0.556. The summed E-state index contributed by atoms with van der Waals surface area (Å²) in [5, 5.41) is 6.29. The van der Waals surface area contributed by atoms with Gasteiger partial charge in [-0.1, -0.05) is 54.6 Å². The summed E-state index contributed by atoms with van der Waals surface area (Å²) in [6.07, 6.45) is 1.78. The largest absolute Gasteiger partial charge is 0.351 e. The summed E-state index contributed by atoms with van der Waals surface area (Å²) in [5.74, 6) is -0.309. The van der Waals surface area contributed by atoms with Gasteiger partial charge in [0.25, 0.3) is 0 Å². The first kappa shape index (κ1) is 22.4. The Morgan fingerprint density at radius 1 is 0.861 bits per heavy atom. The van der Waals surface area contributed by atoms with Crippen LogP contribution in [0.2, 0.25) is 0 Å². The Labute approximate surface area is 215 Å². The van der Waals surface area contributed by atoms with E-state index < -0.39 is 0 Å². The molecule has 0 unspecified atom stereocenters. The van der Waals surface area contributed by atoms with E-state index >= 15 is 4.39 Å². The molecule has 0 bridgehead atoms. The van der Waals surface area contributed by atoms with Crippen LogP contribution < -0.4 is 10.2 Å². The molecule has 1 saturated heterocycles. The van der Waals surface area contributed by atoms with Crippen LogP contribution in [-0.4, -0.2) is 14.7 Å².